The van der Waals surface area contributed by atoms with Crippen LogP contribution in [0.2, 0.25) is 0 Å². The zero-order valence-electron chi connectivity index (χ0n) is 14.9. The summed E-state index contributed by atoms with van der Waals surface area (Å²) < 4.78 is 0. The minimum atomic E-state index is 0.238. The van der Waals surface area contributed by atoms with Crippen LogP contribution in [0.3, 0.4) is 0 Å². The number of thiophene rings is 1. The molecule has 130 valence electrons. The molecule has 24 heavy (non-hydrogen) atoms. The first-order valence-electron chi connectivity index (χ1n) is 8.65. The van der Waals surface area contributed by atoms with E-state index in [4.69, 9.17) is 9.97 Å². The summed E-state index contributed by atoms with van der Waals surface area (Å²) in [5.74, 6) is 1.87. The molecular formula is C18H25N3OS2. The predicted octanol–water partition coefficient (Wildman–Crippen LogP) is 4.54. The number of carbonyl (C=O) groups excluding carboxylic acids is 1. The van der Waals surface area contributed by atoms with Gasteiger partial charge in [0.05, 0.1) is 5.75 Å². The Labute approximate surface area is 152 Å². The Morgan fingerprint density at radius 2 is 1.92 bits per heavy atom. The topological polar surface area (TPSA) is 46.1 Å². The van der Waals surface area contributed by atoms with E-state index in [1.165, 1.54) is 16.9 Å². The minimum absolute atomic E-state index is 0.238. The van der Waals surface area contributed by atoms with Gasteiger partial charge in [0.15, 0.2) is 0 Å². The van der Waals surface area contributed by atoms with E-state index in [0.29, 0.717) is 5.75 Å². The number of rotatable bonds is 4. The van der Waals surface area contributed by atoms with Gasteiger partial charge in [0.2, 0.25) is 5.91 Å². The number of likely N-dealkylation sites (tertiary alicyclic amines) is 1. The number of amides is 1. The van der Waals surface area contributed by atoms with Crippen molar-refractivity contribution in [2.45, 2.75) is 57.9 Å². The van der Waals surface area contributed by atoms with Gasteiger partial charge in [-0.1, -0.05) is 25.6 Å². The van der Waals surface area contributed by atoms with Crippen molar-refractivity contribution in [1.29, 1.82) is 0 Å². The van der Waals surface area contributed by atoms with Crippen LogP contribution in [0, 0.1) is 13.8 Å². The Bertz CT molecular complexity index is 748. The fraction of sp³-hybridized carbons (Fsp3) is 0.611. The first-order chi connectivity index (χ1) is 11.5. The van der Waals surface area contributed by atoms with E-state index in [0.717, 1.165) is 47.0 Å². The van der Waals surface area contributed by atoms with Gasteiger partial charge in [0, 0.05) is 29.3 Å². The Kier molecular flexibility index (Phi) is 5.45. The van der Waals surface area contributed by atoms with Gasteiger partial charge in [-0.3, -0.25) is 4.79 Å². The maximum Gasteiger partial charge on any atom is 0.232 e. The van der Waals surface area contributed by atoms with Gasteiger partial charge in [-0.05, 0) is 38.7 Å². The lowest BCUT2D eigenvalue weighted by Gasteiger charge is -2.26. The quantitative estimate of drug-likeness (QED) is 0.591. The molecule has 6 heteroatoms. The van der Waals surface area contributed by atoms with Gasteiger partial charge in [-0.2, -0.15) is 0 Å². The van der Waals surface area contributed by atoms with Crippen LogP contribution in [0.1, 0.15) is 55.3 Å². The Hall–Kier alpha value is -1.14. The maximum absolute atomic E-state index is 12.5. The SMILES string of the molecule is Cc1sc2nc(C(C)C)nc(SCC(=O)N3CCCCC3)c2c1C. The molecule has 2 aromatic rings. The molecule has 0 saturated carbocycles. The van der Waals surface area contributed by atoms with Crippen LogP contribution in [-0.4, -0.2) is 39.6 Å². The van der Waals surface area contributed by atoms with E-state index in [-0.39, 0.29) is 11.8 Å². The summed E-state index contributed by atoms with van der Waals surface area (Å²) in [5, 5.41) is 2.11. The summed E-state index contributed by atoms with van der Waals surface area (Å²) in [6.07, 6.45) is 3.51. The molecule has 0 N–H and O–H groups in total. The minimum Gasteiger partial charge on any atom is -0.342 e. The summed E-state index contributed by atoms with van der Waals surface area (Å²) in [5.41, 5.74) is 1.25. The van der Waals surface area contributed by atoms with E-state index in [1.54, 1.807) is 23.1 Å². The lowest BCUT2D eigenvalue weighted by Crippen LogP contribution is -2.36. The molecule has 1 aliphatic heterocycles. The highest BCUT2D eigenvalue weighted by molar-refractivity contribution is 8.00. The van der Waals surface area contributed by atoms with Gasteiger partial charge in [-0.15, -0.1) is 11.3 Å². The van der Waals surface area contributed by atoms with Crippen LogP contribution in [-0.2, 0) is 4.79 Å². The van der Waals surface area contributed by atoms with Gasteiger partial charge in [-0.25, -0.2) is 9.97 Å². The molecule has 1 aliphatic rings. The number of aryl methyl sites for hydroxylation is 2. The van der Waals surface area contributed by atoms with E-state index >= 15 is 0 Å². The lowest BCUT2D eigenvalue weighted by molar-refractivity contribution is -0.129. The van der Waals surface area contributed by atoms with E-state index < -0.39 is 0 Å². The van der Waals surface area contributed by atoms with Crippen LogP contribution >= 0.6 is 23.1 Å². The highest BCUT2D eigenvalue weighted by Crippen LogP contribution is 2.36. The molecule has 3 rings (SSSR count). The average Bonchev–Trinajstić information content (AvgIpc) is 2.87. The lowest BCUT2D eigenvalue weighted by atomic mass is 10.1. The van der Waals surface area contributed by atoms with Crippen molar-refractivity contribution in [3.05, 3.63) is 16.3 Å². The first-order valence-corrected chi connectivity index (χ1v) is 10.5. The van der Waals surface area contributed by atoms with Crippen molar-refractivity contribution in [1.82, 2.24) is 14.9 Å². The molecule has 0 bridgehead atoms. The van der Waals surface area contributed by atoms with Crippen molar-refractivity contribution < 1.29 is 4.79 Å². The second-order valence-corrected chi connectivity index (χ2v) is 8.90. The number of hydrogen-bond donors (Lipinski definition) is 0. The molecule has 0 spiro atoms. The Morgan fingerprint density at radius 3 is 2.58 bits per heavy atom. The maximum atomic E-state index is 12.5. The molecule has 0 aliphatic carbocycles. The number of piperidine rings is 1. The Balaban J connectivity index is 1.85. The van der Waals surface area contributed by atoms with Gasteiger partial charge < -0.3 is 4.90 Å². The normalized spacial score (nSPS) is 15.5. The highest BCUT2D eigenvalue weighted by atomic mass is 32.2. The third-order valence-electron chi connectivity index (χ3n) is 4.57. The van der Waals surface area contributed by atoms with Crippen LogP contribution in [0.5, 0.6) is 0 Å². The predicted molar refractivity (Wildman–Crippen MR) is 102 cm³/mol. The molecule has 0 radical (unpaired) electrons. The molecule has 1 fully saturated rings. The van der Waals surface area contributed by atoms with Crippen molar-refractivity contribution >= 4 is 39.2 Å². The summed E-state index contributed by atoms with van der Waals surface area (Å²) >= 11 is 3.30. The molecule has 3 heterocycles. The van der Waals surface area contributed by atoms with Crippen molar-refractivity contribution in [3.8, 4) is 0 Å². The van der Waals surface area contributed by atoms with Gasteiger partial charge >= 0.3 is 0 Å². The summed E-state index contributed by atoms with van der Waals surface area (Å²) in [7, 11) is 0. The average molecular weight is 364 g/mol. The smallest absolute Gasteiger partial charge is 0.232 e. The molecule has 1 saturated heterocycles. The second-order valence-electron chi connectivity index (χ2n) is 6.74. The number of hydrogen-bond acceptors (Lipinski definition) is 5. The van der Waals surface area contributed by atoms with E-state index in [2.05, 4.69) is 27.7 Å². The van der Waals surface area contributed by atoms with E-state index in [9.17, 15) is 4.79 Å². The zero-order valence-corrected chi connectivity index (χ0v) is 16.5. The molecule has 1 amide bonds. The molecule has 0 unspecified atom stereocenters. The van der Waals surface area contributed by atoms with Gasteiger partial charge in [0.25, 0.3) is 0 Å². The largest absolute Gasteiger partial charge is 0.342 e. The fourth-order valence-corrected chi connectivity index (χ4v) is 5.05. The Morgan fingerprint density at radius 1 is 1.21 bits per heavy atom. The van der Waals surface area contributed by atoms with Crippen molar-refractivity contribution in [2.75, 3.05) is 18.8 Å². The highest BCUT2D eigenvalue weighted by Gasteiger charge is 2.20. The molecule has 2 aromatic heterocycles. The number of nitrogens with zero attached hydrogens (tertiary/aromatic N) is 3. The monoisotopic (exact) mass is 363 g/mol. The van der Waals surface area contributed by atoms with Crippen LogP contribution in [0.4, 0.5) is 0 Å². The second kappa shape index (κ2) is 7.40. The number of aromatic nitrogens is 2. The number of thioether (sulfide) groups is 1. The molecule has 0 atom stereocenters. The fourth-order valence-electron chi connectivity index (χ4n) is 2.96. The van der Waals surface area contributed by atoms with Crippen molar-refractivity contribution in [2.24, 2.45) is 0 Å². The van der Waals surface area contributed by atoms with Crippen LogP contribution in [0.25, 0.3) is 10.2 Å². The van der Waals surface area contributed by atoms with E-state index in [1.807, 2.05) is 4.90 Å². The van der Waals surface area contributed by atoms with Crippen LogP contribution in [0.15, 0.2) is 5.03 Å². The standard InChI is InChI=1S/C18H25N3OS2/c1-11(2)16-19-17(15-12(3)13(4)24-18(15)20-16)23-10-14(22)21-8-6-5-7-9-21/h11H,5-10H2,1-4H3. The number of carbonyl (C=O) groups is 1. The summed E-state index contributed by atoms with van der Waals surface area (Å²) in [6, 6.07) is 0. The van der Waals surface area contributed by atoms with Crippen LogP contribution < -0.4 is 0 Å². The first kappa shape index (κ1) is 17.7. The number of fused-ring (bicyclic) bond motifs is 1. The summed E-state index contributed by atoms with van der Waals surface area (Å²) in [6.45, 7) is 10.3. The third-order valence-corrected chi connectivity index (χ3v) is 6.63. The third kappa shape index (κ3) is 3.59. The van der Waals surface area contributed by atoms with Crippen molar-refractivity contribution in [3.63, 3.8) is 0 Å². The van der Waals surface area contributed by atoms with Gasteiger partial charge in [0.1, 0.15) is 15.7 Å². The zero-order chi connectivity index (χ0) is 17.3. The molecule has 0 aromatic carbocycles. The summed E-state index contributed by atoms with van der Waals surface area (Å²) in [4.78, 5) is 26.3. The molecular weight excluding hydrogens is 338 g/mol. The molecule has 4 nitrogen and oxygen atoms in total.